The van der Waals surface area contributed by atoms with Gasteiger partial charge in [-0.25, -0.2) is 0 Å². The van der Waals surface area contributed by atoms with Crippen LogP contribution in [-0.4, -0.2) is 17.3 Å². The number of pyridine rings is 1. The number of ether oxygens (including phenoxy) is 1. The van der Waals surface area contributed by atoms with Gasteiger partial charge in [0.25, 0.3) is 0 Å². The maximum absolute atomic E-state index is 11.8. The molecular weight excluding hydrogens is 298 g/mol. The Morgan fingerprint density at radius 1 is 1.12 bits per heavy atom. The molecule has 124 valence electrons. The minimum absolute atomic E-state index is 0.469. The summed E-state index contributed by atoms with van der Waals surface area (Å²) in [6, 6.07) is 14.3. The summed E-state index contributed by atoms with van der Waals surface area (Å²) in [5, 5.41) is 0. The number of rotatable bonds is 6. The van der Waals surface area contributed by atoms with Crippen LogP contribution in [0, 0.1) is 0 Å². The van der Waals surface area contributed by atoms with Gasteiger partial charge in [-0.3, -0.25) is 4.79 Å². The van der Waals surface area contributed by atoms with Crippen molar-refractivity contribution in [3.63, 3.8) is 0 Å². The highest BCUT2D eigenvalue weighted by molar-refractivity contribution is 5.91. The third-order valence-electron chi connectivity index (χ3n) is 4.61. The maximum atomic E-state index is 11.8. The molecule has 0 saturated heterocycles. The lowest BCUT2D eigenvalue weighted by Gasteiger charge is -2.15. The molecule has 0 bridgehead atoms. The summed E-state index contributed by atoms with van der Waals surface area (Å²) in [7, 11) is 0. The highest BCUT2D eigenvalue weighted by Crippen LogP contribution is 2.36. The number of fused-ring (bicyclic) bond motifs is 1. The monoisotopic (exact) mass is 321 g/mol. The molecule has 1 aromatic carbocycles. The van der Waals surface area contributed by atoms with Crippen LogP contribution in [0.3, 0.4) is 0 Å². The first-order valence-corrected chi connectivity index (χ1v) is 8.52. The van der Waals surface area contributed by atoms with Gasteiger partial charge in [-0.2, -0.15) is 0 Å². The number of aromatic nitrogens is 1. The van der Waals surface area contributed by atoms with E-state index in [0.717, 1.165) is 35.1 Å². The lowest BCUT2D eigenvalue weighted by Crippen LogP contribution is -1.99. The van der Waals surface area contributed by atoms with Gasteiger partial charge in [-0.1, -0.05) is 26.0 Å². The van der Waals surface area contributed by atoms with Crippen LogP contribution in [0.5, 0.6) is 5.75 Å². The highest BCUT2D eigenvalue weighted by Gasteiger charge is 2.17. The Kier molecular flexibility index (Phi) is 4.70. The molecule has 2 heterocycles. The quantitative estimate of drug-likeness (QED) is 0.574. The van der Waals surface area contributed by atoms with Gasteiger partial charge in [-0.15, -0.1) is 0 Å². The zero-order valence-corrected chi connectivity index (χ0v) is 14.5. The average Bonchev–Trinajstić information content (AvgIpc) is 3.00. The Morgan fingerprint density at radius 2 is 1.96 bits per heavy atom. The molecule has 1 unspecified atom stereocenters. The minimum atomic E-state index is 0.469. The van der Waals surface area contributed by atoms with E-state index in [4.69, 9.17) is 4.74 Å². The van der Waals surface area contributed by atoms with Crippen molar-refractivity contribution in [1.29, 1.82) is 0 Å². The second-order valence-corrected chi connectivity index (χ2v) is 6.05. The SMILES string of the molecule is CCOc1ccc(C(C)CC)cc1-c1cc2ccccn2c1C=O. The third-order valence-corrected chi connectivity index (χ3v) is 4.61. The van der Waals surface area contributed by atoms with Crippen molar-refractivity contribution in [2.45, 2.75) is 33.1 Å². The van der Waals surface area contributed by atoms with Crippen molar-refractivity contribution < 1.29 is 9.53 Å². The van der Waals surface area contributed by atoms with E-state index in [1.54, 1.807) is 0 Å². The normalized spacial score (nSPS) is 12.3. The summed E-state index contributed by atoms with van der Waals surface area (Å²) >= 11 is 0. The standard InChI is InChI=1S/C21H23NO2/c1-4-15(3)16-9-10-21(24-5-2)19(12-16)18-13-17-8-6-7-11-22(17)20(18)14-23/h6-15H,4-5H2,1-3H3. The van der Waals surface area contributed by atoms with Gasteiger partial charge < -0.3 is 9.14 Å². The minimum Gasteiger partial charge on any atom is -0.493 e. The van der Waals surface area contributed by atoms with Crippen molar-refractivity contribution in [3.05, 3.63) is 59.9 Å². The number of carbonyl (C=O) groups is 1. The molecule has 0 aliphatic rings. The number of hydrogen-bond donors (Lipinski definition) is 0. The zero-order chi connectivity index (χ0) is 17.1. The lowest BCUT2D eigenvalue weighted by atomic mass is 9.94. The van der Waals surface area contributed by atoms with E-state index in [1.165, 1.54) is 5.56 Å². The molecule has 3 aromatic rings. The van der Waals surface area contributed by atoms with Crippen LogP contribution in [0.2, 0.25) is 0 Å². The smallest absolute Gasteiger partial charge is 0.167 e. The largest absolute Gasteiger partial charge is 0.493 e. The molecule has 24 heavy (non-hydrogen) atoms. The predicted molar refractivity (Wildman–Crippen MR) is 98.1 cm³/mol. The molecule has 0 spiro atoms. The molecule has 0 aliphatic carbocycles. The van der Waals surface area contributed by atoms with Gasteiger partial charge in [0.1, 0.15) is 5.75 Å². The highest BCUT2D eigenvalue weighted by atomic mass is 16.5. The number of benzene rings is 1. The van der Waals surface area contributed by atoms with Gasteiger partial charge in [0.15, 0.2) is 6.29 Å². The Balaban J connectivity index is 2.25. The van der Waals surface area contributed by atoms with E-state index in [9.17, 15) is 4.79 Å². The summed E-state index contributed by atoms with van der Waals surface area (Å²) < 4.78 is 7.75. The van der Waals surface area contributed by atoms with Crippen LogP contribution >= 0.6 is 0 Å². The molecule has 3 nitrogen and oxygen atoms in total. The van der Waals surface area contributed by atoms with Crippen LogP contribution in [0.15, 0.2) is 48.7 Å². The van der Waals surface area contributed by atoms with Crippen LogP contribution in [0.1, 0.15) is 49.2 Å². The Hall–Kier alpha value is -2.55. The van der Waals surface area contributed by atoms with Crippen molar-refractivity contribution in [1.82, 2.24) is 4.40 Å². The Morgan fingerprint density at radius 3 is 2.67 bits per heavy atom. The first-order valence-electron chi connectivity index (χ1n) is 8.52. The predicted octanol–water partition coefficient (Wildman–Crippen LogP) is 5.33. The number of aldehydes is 1. The second-order valence-electron chi connectivity index (χ2n) is 6.05. The zero-order valence-electron chi connectivity index (χ0n) is 14.5. The summed E-state index contributed by atoms with van der Waals surface area (Å²) in [6.07, 6.45) is 3.92. The number of nitrogens with zero attached hydrogens (tertiary/aromatic N) is 1. The number of carbonyl (C=O) groups excluding carboxylic acids is 1. The fourth-order valence-corrected chi connectivity index (χ4v) is 3.06. The van der Waals surface area contributed by atoms with Gasteiger partial charge in [-0.05, 0) is 55.2 Å². The van der Waals surface area contributed by atoms with Gasteiger partial charge in [0.05, 0.1) is 12.3 Å². The molecule has 3 rings (SSSR count). The molecule has 0 aliphatic heterocycles. The summed E-state index contributed by atoms with van der Waals surface area (Å²) in [4.78, 5) is 11.8. The molecule has 3 heteroatoms. The van der Waals surface area contributed by atoms with Crippen LogP contribution < -0.4 is 4.74 Å². The topological polar surface area (TPSA) is 30.7 Å². The first kappa shape index (κ1) is 16.3. The molecule has 0 saturated carbocycles. The first-order chi connectivity index (χ1) is 11.7. The van der Waals surface area contributed by atoms with Crippen molar-refractivity contribution in [3.8, 4) is 16.9 Å². The van der Waals surface area contributed by atoms with E-state index in [-0.39, 0.29) is 0 Å². The fraction of sp³-hybridized carbons (Fsp3) is 0.286. The van der Waals surface area contributed by atoms with Gasteiger partial charge in [0, 0.05) is 22.8 Å². The Labute approximate surface area is 142 Å². The van der Waals surface area contributed by atoms with E-state index in [2.05, 4.69) is 32.0 Å². The van der Waals surface area contributed by atoms with Crippen LogP contribution in [0.25, 0.3) is 16.6 Å². The fourth-order valence-electron chi connectivity index (χ4n) is 3.06. The number of hydrogen-bond acceptors (Lipinski definition) is 2. The lowest BCUT2D eigenvalue weighted by molar-refractivity contribution is 0.111. The summed E-state index contributed by atoms with van der Waals surface area (Å²) in [5.41, 5.74) is 4.84. The molecule has 0 fully saturated rings. The Bertz CT molecular complexity index is 863. The molecular formula is C21H23NO2. The molecule has 0 amide bonds. The molecule has 1 atom stereocenters. The van der Waals surface area contributed by atoms with E-state index in [0.29, 0.717) is 18.2 Å². The third kappa shape index (κ3) is 2.82. The van der Waals surface area contributed by atoms with E-state index < -0.39 is 0 Å². The van der Waals surface area contributed by atoms with Crippen molar-refractivity contribution >= 4 is 11.8 Å². The van der Waals surface area contributed by atoms with Crippen LogP contribution in [-0.2, 0) is 0 Å². The molecule has 2 aromatic heterocycles. The van der Waals surface area contributed by atoms with E-state index in [1.807, 2.05) is 41.8 Å². The van der Waals surface area contributed by atoms with Crippen molar-refractivity contribution in [2.75, 3.05) is 6.61 Å². The average molecular weight is 321 g/mol. The molecule has 0 N–H and O–H groups in total. The van der Waals surface area contributed by atoms with Gasteiger partial charge in [0.2, 0.25) is 0 Å². The maximum Gasteiger partial charge on any atom is 0.167 e. The van der Waals surface area contributed by atoms with E-state index >= 15 is 0 Å². The van der Waals surface area contributed by atoms with Crippen molar-refractivity contribution in [2.24, 2.45) is 0 Å². The summed E-state index contributed by atoms with van der Waals surface area (Å²) in [5.74, 6) is 1.29. The second kappa shape index (κ2) is 6.91. The van der Waals surface area contributed by atoms with Gasteiger partial charge >= 0.3 is 0 Å². The molecule has 0 radical (unpaired) electrons. The van der Waals surface area contributed by atoms with Crippen LogP contribution in [0.4, 0.5) is 0 Å². The summed E-state index contributed by atoms with van der Waals surface area (Å²) in [6.45, 7) is 6.98.